The van der Waals surface area contributed by atoms with Gasteiger partial charge in [-0.2, -0.15) is 5.26 Å². The second kappa shape index (κ2) is 7.66. The Balaban J connectivity index is 2.02. The Bertz CT molecular complexity index is 560. The Kier molecular flexibility index (Phi) is 5.61. The SMILES string of the molecule is COc1ccc(C(=O)N2CCN(CCC#N)CC2)c(OC)c1. The Labute approximate surface area is 130 Å². The van der Waals surface area contributed by atoms with Gasteiger partial charge in [0.2, 0.25) is 0 Å². The Morgan fingerprint density at radius 2 is 1.95 bits per heavy atom. The molecular weight excluding hydrogens is 282 g/mol. The van der Waals surface area contributed by atoms with Crippen LogP contribution in [0.4, 0.5) is 0 Å². The van der Waals surface area contributed by atoms with Crippen molar-refractivity contribution >= 4 is 5.91 Å². The van der Waals surface area contributed by atoms with Crippen molar-refractivity contribution in [1.82, 2.24) is 9.80 Å². The van der Waals surface area contributed by atoms with Gasteiger partial charge in [-0.05, 0) is 12.1 Å². The van der Waals surface area contributed by atoms with Gasteiger partial charge in [-0.15, -0.1) is 0 Å². The number of carbonyl (C=O) groups excluding carboxylic acids is 1. The third kappa shape index (κ3) is 3.68. The first-order chi connectivity index (χ1) is 10.7. The van der Waals surface area contributed by atoms with Crippen molar-refractivity contribution in [2.45, 2.75) is 6.42 Å². The van der Waals surface area contributed by atoms with Crippen molar-refractivity contribution in [3.8, 4) is 17.6 Å². The van der Waals surface area contributed by atoms with Crippen LogP contribution in [0, 0.1) is 11.3 Å². The summed E-state index contributed by atoms with van der Waals surface area (Å²) in [5, 5.41) is 8.62. The van der Waals surface area contributed by atoms with Gasteiger partial charge in [0.05, 0.1) is 25.9 Å². The molecule has 6 heteroatoms. The lowest BCUT2D eigenvalue weighted by molar-refractivity contribution is 0.0636. The van der Waals surface area contributed by atoms with Crippen molar-refractivity contribution in [2.24, 2.45) is 0 Å². The zero-order valence-electron chi connectivity index (χ0n) is 13.0. The number of piperazine rings is 1. The molecule has 1 aliphatic rings. The minimum atomic E-state index is -0.0283. The topological polar surface area (TPSA) is 65.8 Å². The highest BCUT2D eigenvalue weighted by Crippen LogP contribution is 2.26. The molecular formula is C16H21N3O3. The van der Waals surface area contributed by atoms with E-state index < -0.39 is 0 Å². The molecule has 0 bridgehead atoms. The lowest BCUT2D eigenvalue weighted by Gasteiger charge is -2.34. The molecule has 1 fully saturated rings. The molecule has 1 aromatic carbocycles. The minimum Gasteiger partial charge on any atom is -0.497 e. The summed E-state index contributed by atoms with van der Waals surface area (Å²) in [5.41, 5.74) is 0.550. The maximum absolute atomic E-state index is 12.6. The third-order valence-electron chi connectivity index (χ3n) is 3.84. The lowest BCUT2D eigenvalue weighted by Crippen LogP contribution is -2.48. The molecule has 0 N–H and O–H groups in total. The maximum atomic E-state index is 12.6. The van der Waals surface area contributed by atoms with Crippen LogP contribution in [0.5, 0.6) is 11.5 Å². The molecule has 0 radical (unpaired) electrons. The lowest BCUT2D eigenvalue weighted by atomic mass is 10.1. The first kappa shape index (κ1) is 16.1. The summed E-state index contributed by atoms with van der Waals surface area (Å²) in [6, 6.07) is 7.37. The van der Waals surface area contributed by atoms with Gasteiger partial charge in [0.15, 0.2) is 0 Å². The van der Waals surface area contributed by atoms with Crippen LogP contribution >= 0.6 is 0 Å². The van der Waals surface area contributed by atoms with E-state index in [0.29, 0.717) is 36.6 Å². The predicted molar refractivity (Wildman–Crippen MR) is 82.1 cm³/mol. The number of hydrogen-bond donors (Lipinski definition) is 0. The molecule has 1 aliphatic heterocycles. The van der Waals surface area contributed by atoms with Gasteiger partial charge in [-0.1, -0.05) is 0 Å². The molecule has 6 nitrogen and oxygen atoms in total. The molecule has 1 aromatic rings. The zero-order chi connectivity index (χ0) is 15.9. The number of rotatable bonds is 5. The van der Waals surface area contributed by atoms with Gasteiger partial charge in [0, 0.05) is 45.2 Å². The number of nitriles is 1. The number of methoxy groups -OCH3 is 2. The van der Waals surface area contributed by atoms with Crippen molar-refractivity contribution in [2.75, 3.05) is 46.9 Å². The molecule has 0 saturated carbocycles. The van der Waals surface area contributed by atoms with Crippen LogP contribution in [-0.4, -0.2) is 62.7 Å². The second-order valence-electron chi connectivity index (χ2n) is 5.11. The molecule has 1 heterocycles. The molecule has 0 spiro atoms. The smallest absolute Gasteiger partial charge is 0.257 e. The fourth-order valence-corrected chi connectivity index (χ4v) is 2.53. The van der Waals surface area contributed by atoms with E-state index >= 15 is 0 Å². The Morgan fingerprint density at radius 3 is 2.55 bits per heavy atom. The number of amides is 1. The van der Waals surface area contributed by atoms with Crippen molar-refractivity contribution in [1.29, 1.82) is 5.26 Å². The van der Waals surface area contributed by atoms with Gasteiger partial charge in [0.25, 0.3) is 5.91 Å². The summed E-state index contributed by atoms with van der Waals surface area (Å²) in [6.07, 6.45) is 0.528. The van der Waals surface area contributed by atoms with Gasteiger partial charge in [-0.3, -0.25) is 9.69 Å². The van der Waals surface area contributed by atoms with E-state index in [1.54, 1.807) is 32.4 Å². The highest BCUT2D eigenvalue weighted by molar-refractivity contribution is 5.97. The van der Waals surface area contributed by atoms with Crippen LogP contribution in [0.1, 0.15) is 16.8 Å². The van der Waals surface area contributed by atoms with Gasteiger partial charge in [-0.25, -0.2) is 0 Å². The first-order valence-corrected chi connectivity index (χ1v) is 7.30. The fourth-order valence-electron chi connectivity index (χ4n) is 2.53. The number of nitrogens with zero attached hydrogens (tertiary/aromatic N) is 3. The largest absolute Gasteiger partial charge is 0.497 e. The summed E-state index contributed by atoms with van der Waals surface area (Å²) < 4.78 is 10.5. The quantitative estimate of drug-likeness (QED) is 0.822. The predicted octanol–water partition coefficient (Wildman–Crippen LogP) is 1.38. The van der Waals surface area contributed by atoms with Crippen LogP contribution in [0.15, 0.2) is 18.2 Å². The normalized spacial score (nSPS) is 15.2. The van der Waals surface area contributed by atoms with E-state index in [0.717, 1.165) is 19.6 Å². The summed E-state index contributed by atoms with van der Waals surface area (Å²) in [5.74, 6) is 1.16. The summed E-state index contributed by atoms with van der Waals surface area (Å²) in [6.45, 7) is 3.70. The second-order valence-corrected chi connectivity index (χ2v) is 5.11. The van der Waals surface area contributed by atoms with E-state index in [2.05, 4.69) is 11.0 Å². The van der Waals surface area contributed by atoms with Gasteiger partial charge in [0.1, 0.15) is 11.5 Å². The average molecular weight is 303 g/mol. The molecule has 118 valence electrons. The van der Waals surface area contributed by atoms with Crippen LogP contribution in [0.3, 0.4) is 0 Å². The average Bonchev–Trinajstić information content (AvgIpc) is 2.59. The van der Waals surface area contributed by atoms with Crippen LogP contribution in [0.25, 0.3) is 0 Å². The molecule has 22 heavy (non-hydrogen) atoms. The number of hydrogen-bond acceptors (Lipinski definition) is 5. The molecule has 0 atom stereocenters. The van der Waals surface area contributed by atoms with Gasteiger partial charge < -0.3 is 14.4 Å². The van der Waals surface area contributed by atoms with E-state index in [9.17, 15) is 4.79 Å². The molecule has 1 saturated heterocycles. The van der Waals surface area contributed by atoms with Crippen LogP contribution < -0.4 is 9.47 Å². The van der Waals surface area contributed by atoms with E-state index in [-0.39, 0.29) is 5.91 Å². The molecule has 2 rings (SSSR count). The summed E-state index contributed by atoms with van der Waals surface area (Å²) in [4.78, 5) is 16.7. The molecule has 0 unspecified atom stereocenters. The number of benzene rings is 1. The Morgan fingerprint density at radius 1 is 1.23 bits per heavy atom. The molecule has 0 aliphatic carbocycles. The third-order valence-corrected chi connectivity index (χ3v) is 3.84. The van der Waals surface area contributed by atoms with E-state index in [4.69, 9.17) is 14.7 Å². The van der Waals surface area contributed by atoms with E-state index in [1.807, 2.05) is 4.90 Å². The minimum absolute atomic E-state index is 0.0283. The highest BCUT2D eigenvalue weighted by Gasteiger charge is 2.24. The summed E-state index contributed by atoms with van der Waals surface area (Å²) in [7, 11) is 3.13. The number of ether oxygens (including phenoxy) is 2. The summed E-state index contributed by atoms with van der Waals surface area (Å²) >= 11 is 0. The monoisotopic (exact) mass is 303 g/mol. The maximum Gasteiger partial charge on any atom is 0.257 e. The van der Waals surface area contributed by atoms with Gasteiger partial charge >= 0.3 is 0 Å². The van der Waals surface area contributed by atoms with E-state index in [1.165, 1.54) is 0 Å². The standard InChI is InChI=1S/C16H21N3O3/c1-21-13-4-5-14(15(12-13)22-2)16(20)19-10-8-18(9-11-19)7-3-6-17/h4-5,12H,3,7-11H2,1-2H3. The Hall–Kier alpha value is -2.26. The molecule has 1 amide bonds. The van der Waals surface area contributed by atoms with Crippen molar-refractivity contribution in [3.05, 3.63) is 23.8 Å². The van der Waals surface area contributed by atoms with Crippen LogP contribution in [-0.2, 0) is 0 Å². The number of carbonyl (C=O) groups is 1. The molecule has 0 aromatic heterocycles. The van der Waals surface area contributed by atoms with Crippen LogP contribution in [0.2, 0.25) is 0 Å². The first-order valence-electron chi connectivity index (χ1n) is 7.30. The fraction of sp³-hybridized carbons (Fsp3) is 0.500. The highest BCUT2D eigenvalue weighted by atomic mass is 16.5. The van der Waals surface area contributed by atoms with Crippen molar-refractivity contribution in [3.63, 3.8) is 0 Å². The van der Waals surface area contributed by atoms with Crippen molar-refractivity contribution < 1.29 is 14.3 Å². The zero-order valence-corrected chi connectivity index (χ0v) is 13.0.